The van der Waals surface area contributed by atoms with Crippen molar-refractivity contribution in [1.82, 2.24) is 23.3 Å². The number of nitrogens with zero attached hydrogens (tertiary/aromatic N) is 4. The Hall–Kier alpha value is -2.83. The number of hydrogen-bond donors (Lipinski definition) is 1. The Bertz CT molecular complexity index is 1290. The summed E-state index contributed by atoms with van der Waals surface area (Å²) in [6, 6.07) is 8.29. The SMILES string of the molecule is O=C(c1ccco1)N1CCN(C(=O)C2CCC(CNS(=O)(=O)c3cccc4nsnc34)CC2)CC1. The molecular formula is C23H27N5O5S2. The minimum Gasteiger partial charge on any atom is -0.459 e. The lowest BCUT2D eigenvalue weighted by molar-refractivity contribution is -0.138. The summed E-state index contributed by atoms with van der Waals surface area (Å²) >= 11 is 0.993. The number of amides is 2. The molecule has 0 radical (unpaired) electrons. The zero-order chi connectivity index (χ0) is 24.4. The van der Waals surface area contributed by atoms with Crippen molar-refractivity contribution in [3.63, 3.8) is 0 Å². The molecule has 5 rings (SSSR count). The van der Waals surface area contributed by atoms with E-state index in [0.29, 0.717) is 49.5 Å². The maximum Gasteiger partial charge on any atom is 0.289 e. The average Bonchev–Trinajstić information content (AvgIpc) is 3.59. The summed E-state index contributed by atoms with van der Waals surface area (Å²) in [5.74, 6) is 0.442. The first-order valence-corrected chi connectivity index (χ1v) is 14.0. The lowest BCUT2D eigenvalue weighted by atomic mass is 9.81. The van der Waals surface area contributed by atoms with Crippen molar-refractivity contribution in [2.75, 3.05) is 32.7 Å². The average molecular weight is 518 g/mol. The summed E-state index contributed by atoms with van der Waals surface area (Å²) < 4.78 is 41.8. The molecule has 1 aliphatic heterocycles. The normalized spacial score (nSPS) is 21.4. The van der Waals surface area contributed by atoms with Crippen LogP contribution in [0.3, 0.4) is 0 Å². The van der Waals surface area contributed by atoms with Gasteiger partial charge in [-0.15, -0.1) is 0 Å². The number of rotatable bonds is 6. The Labute approximate surface area is 207 Å². The second-order valence-corrected chi connectivity index (χ2v) is 11.3. The predicted octanol–water partition coefficient (Wildman–Crippen LogP) is 2.35. The first-order valence-electron chi connectivity index (χ1n) is 11.7. The van der Waals surface area contributed by atoms with Crippen molar-refractivity contribution < 1.29 is 22.4 Å². The summed E-state index contributed by atoms with van der Waals surface area (Å²) in [4.78, 5) is 29.2. The number of carbonyl (C=O) groups is 2. The van der Waals surface area contributed by atoms with E-state index < -0.39 is 10.0 Å². The zero-order valence-corrected chi connectivity index (χ0v) is 20.8. The highest BCUT2D eigenvalue weighted by molar-refractivity contribution is 7.89. The Morgan fingerprint density at radius 1 is 1.00 bits per heavy atom. The number of sulfonamides is 1. The first kappa shape index (κ1) is 23.9. The van der Waals surface area contributed by atoms with Gasteiger partial charge in [-0.1, -0.05) is 6.07 Å². The van der Waals surface area contributed by atoms with Crippen LogP contribution in [0.5, 0.6) is 0 Å². The maximum absolute atomic E-state index is 13.0. The van der Waals surface area contributed by atoms with Gasteiger partial charge < -0.3 is 14.2 Å². The molecule has 2 fully saturated rings. The molecule has 1 aliphatic carbocycles. The molecule has 3 heterocycles. The summed E-state index contributed by atoms with van der Waals surface area (Å²) in [5, 5.41) is 0. The van der Waals surface area contributed by atoms with Crippen molar-refractivity contribution in [3.05, 3.63) is 42.4 Å². The highest BCUT2D eigenvalue weighted by Gasteiger charge is 2.33. The summed E-state index contributed by atoms with van der Waals surface area (Å²) in [5.41, 5.74) is 0.966. The summed E-state index contributed by atoms with van der Waals surface area (Å²) in [6.07, 6.45) is 4.54. The molecule has 10 nitrogen and oxygen atoms in total. The number of hydrogen-bond acceptors (Lipinski definition) is 8. The van der Waals surface area contributed by atoms with E-state index in [1.54, 1.807) is 35.2 Å². The molecule has 1 aromatic carbocycles. The van der Waals surface area contributed by atoms with Crippen LogP contribution in [0.1, 0.15) is 36.2 Å². The fraction of sp³-hybridized carbons (Fsp3) is 0.478. The van der Waals surface area contributed by atoms with Gasteiger partial charge in [-0.05, 0) is 55.9 Å². The zero-order valence-electron chi connectivity index (χ0n) is 19.1. The van der Waals surface area contributed by atoms with Crippen molar-refractivity contribution in [2.24, 2.45) is 11.8 Å². The van der Waals surface area contributed by atoms with E-state index in [-0.39, 0.29) is 28.5 Å². The van der Waals surface area contributed by atoms with Gasteiger partial charge in [0.2, 0.25) is 15.9 Å². The molecule has 0 atom stereocenters. The highest BCUT2D eigenvalue weighted by atomic mass is 32.2. The van der Waals surface area contributed by atoms with E-state index in [2.05, 4.69) is 13.5 Å². The minimum absolute atomic E-state index is 0.0509. The Morgan fingerprint density at radius 3 is 2.46 bits per heavy atom. The number of carbonyl (C=O) groups excluding carboxylic acids is 2. The van der Waals surface area contributed by atoms with E-state index in [1.165, 1.54) is 6.26 Å². The van der Waals surface area contributed by atoms with Gasteiger partial charge in [0, 0.05) is 38.6 Å². The molecule has 0 unspecified atom stereocenters. The largest absolute Gasteiger partial charge is 0.459 e. The second-order valence-electron chi connectivity index (χ2n) is 9.05. The fourth-order valence-corrected chi connectivity index (χ4v) is 6.74. The highest BCUT2D eigenvalue weighted by Crippen LogP contribution is 2.31. The van der Waals surface area contributed by atoms with Gasteiger partial charge in [0.15, 0.2) is 5.76 Å². The smallest absolute Gasteiger partial charge is 0.289 e. The molecule has 12 heteroatoms. The van der Waals surface area contributed by atoms with E-state index in [1.807, 2.05) is 4.90 Å². The van der Waals surface area contributed by atoms with E-state index in [0.717, 1.165) is 37.4 Å². The van der Waals surface area contributed by atoms with Gasteiger partial charge in [-0.25, -0.2) is 13.1 Å². The van der Waals surface area contributed by atoms with Crippen LogP contribution in [-0.2, 0) is 14.8 Å². The van der Waals surface area contributed by atoms with Gasteiger partial charge in [0.25, 0.3) is 5.91 Å². The van der Waals surface area contributed by atoms with Gasteiger partial charge in [-0.3, -0.25) is 9.59 Å². The van der Waals surface area contributed by atoms with Crippen molar-refractivity contribution in [3.8, 4) is 0 Å². The Morgan fingerprint density at radius 2 is 1.74 bits per heavy atom. The number of aromatic nitrogens is 2. The van der Waals surface area contributed by atoms with Gasteiger partial charge in [0.1, 0.15) is 15.9 Å². The minimum atomic E-state index is -3.69. The van der Waals surface area contributed by atoms with E-state index >= 15 is 0 Å². The molecule has 2 aliphatic rings. The third-order valence-corrected chi connectivity index (χ3v) is 8.90. The number of nitrogens with one attached hydrogen (secondary N) is 1. The molecule has 186 valence electrons. The topological polar surface area (TPSA) is 126 Å². The van der Waals surface area contributed by atoms with Crippen LogP contribution >= 0.6 is 11.7 Å². The van der Waals surface area contributed by atoms with E-state index in [9.17, 15) is 18.0 Å². The van der Waals surface area contributed by atoms with Crippen molar-refractivity contribution in [1.29, 1.82) is 0 Å². The maximum atomic E-state index is 13.0. The second kappa shape index (κ2) is 10.0. The van der Waals surface area contributed by atoms with Crippen LogP contribution in [0, 0.1) is 11.8 Å². The fourth-order valence-electron chi connectivity index (χ4n) is 4.86. The predicted molar refractivity (Wildman–Crippen MR) is 129 cm³/mol. The molecule has 1 N–H and O–H groups in total. The number of benzene rings is 1. The molecule has 0 spiro atoms. The molecule has 0 bridgehead atoms. The Kier molecular flexibility index (Phi) is 6.85. The first-order chi connectivity index (χ1) is 16.9. The standard InChI is InChI=1S/C23H27N5O5S2/c29-22(27-10-12-28(13-11-27)23(30)19-4-2-14-33-19)17-8-6-16(7-9-17)15-24-35(31,32)20-5-1-3-18-21(20)26-34-25-18/h1-5,14,16-17,24H,6-13,15H2. The number of piperazine rings is 1. The molecule has 2 aromatic heterocycles. The van der Waals surface area contributed by atoms with Crippen molar-refractivity contribution >= 4 is 44.6 Å². The van der Waals surface area contributed by atoms with Crippen LogP contribution in [0.4, 0.5) is 0 Å². The van der Waals surface area contributed by atoms with Crippen LogP contribution in [-0.4, -0.2) is 71.5 Å². The van der Waals surface area contributed by atoms with Crippen LogP contribution in [0.2, 0.25) is 0 Å². The molecule has 3 aromatic rings. The van der Waals surface area contributed by atoms with Gasteiger partial charge in [0.05, 0.1) is 18.0 Å². The van der Waals surface area contributed by atoms with Crippen LogP contribution in [0.15, 0.2) is 45.9 Å². The number of furan rings is 1. The number of fused-ring (bicyclic) bond motifs is 1. The van der Waals surface area contributed by atoms with Gasteiger partial charge in [-0.2, -0.15) is 8.75 Å². The molecule has 1 saturated heterocycles. The van der Waals surface area contributed by atoms with Crippen LogP contribution < -0.4 is 4.72 Å². The monoisotopic (exact) mass is 517 g/mol. The third-order valence-electron chi connectivity index (χ3n) is 6.91. The molecule has 1 saturated carbocycles. The summed E-state index contributed by atoms with van der Waals surface area (Å²) in [6.45, 7) is 2.35. The lowest BCUT2D eigenvalue weighted by Crippen LogP contribution is -2.52. The van der Waals surface area contributed by atoms with Crippen molar-refractivity contribution in [2.45, 2.75) is 30.6 Å². The molecule has 35 heavy (non-hydrogen) atoms. The quantitative estimate of drug-likeness (QED) is 0.532. The summed E-state index contributed by atoms with van der Waals surface area (Å²) in [7, 11) is -3.69. The van der Waals surface area contributed by atoms with Gasteiger partial charge >= 0.3 is 0 Å². The third kappa shape index (κ3) is 5.09. The van der Waals surface area contributed by atoms with Crippen LogP contribution in [0.25, 0.3) is 11.0 Å². The molecule has 2 amide bonds. The Balaban J connectivity index is 1.09. The van der Waals surface area contributed by atoms with E-state index in [4.69, 9.17) is 4.42 Å². The molecular weight excluding hydrogens is 490 g/mol. The lowest BCUT2D eigenvalue weighted by Gasteiger charge is -2.37.